The van der Waals surface area contributed by atoms with E-state index in [0.29, 0.717) is 5.25 Å². The third kappa shape index (κ3) is 6.93. The lowest BCUT2D eigenvalue weighted by molar-refractivity contribution is -0.142. The lowest BCUT2D eigenvalue weighted by Gasteiger charge is -2.11. The predicted octanol–water partition coefficient (Wildman–Crippen LogP) is 6.12. The normalized spacial score (nSPS) is 23.5. The van der Waals surface area contributed by atoms with E-state index in [0.717, 1.165) is 6.42 Å². The molecule has 0 aromatic rings. The van der Waals surface area contributed by atoms with Gasteiger partial charge in [-0.2, -0.15) is 0 Å². The Balaban J connectivity index is 1.87. The Kier molecular flexibility index (Phi) is 10.3. The molecule has 0 N–H and O–H groups in total. The summed E-state index contributed by atoms with van der Waals surface area (Å²) in [6.07, 6.45) is 17.4. The van der Waals surface area contributed by atoms with Gasteiger partial charge in [-0.25, -0.2) is 0 Å². The summed E-state index contributed by atoms with van der Waals surface area (Å²) in [5.74, 6) is -0.00641. The summed E-state index contributed by atoms with van der Waals surface area (Å²) in [5.41, 5.74) is 0. The minimum atomic E-state index is -0.187. The molecule has 0 aromatic carbocycles. The van der Waals surface area contributed by atoms with Crippen molar-refractivity contribution in [2.75, 3.05) is 7.11 Å². The first-order chi connectivity index (χ1) is 10.7. The number of esters is 1. The molecule has 1 fully saturated rings. The van der Waals surface area contributed by atoms with Crippen LogP contribution in [-0.2, 0) is 9.53 Å². The molecule has 130 valence electrons. The van der Waals surface area contributed by atoms with E-state index in [1.54, 1.807) is 11.8 Å². The van der Waals surface area contributed by atoms with Gasteiger partial charge in [0.2, 0.25) is 0 Å². The van der Waals surface area contributed by atoms with Crippen molar-refractivity contribution < 1.29 is 9.53 Å². The van der Waals surface area contributed by atoms with Gasteiger partial charge in [0.25, 0.3) is 0 Å². The van der Waals surface area contributed by atoms with Crippen LogP contribution in [0.4, 0.5) is 0 Å². The lowest BCUT2D eigenvalue weighted by Crippen LogP contribution is -2.27. The van der Waals surface area contributed by atoms with Crippen molar-refractivity contribution in [1.82, 2.24) is 0 Å². The van der Waals surface area contributed by atoms with Crippen LogP contribution in [0.25, 0.3) is 0 Å². The summed E-state index contributed by atoms with van der Waals surface area (Å²) in [6.45, 7) is 4.41. The fourth-order valence-corrected chi connectivity index (χ4v) is 4.48. The molecule has 0 amide bonds. The molecule has 0 aromatic heterocycles. The summed E-state index contributed by atoms with van der Waals surface area (Å²) in [5, 5.41) is 0.452. The summed E-state index contributed by atoms with van der Waals surface area (Å²) in [6, 6.07) is 0. The molecular weight excluding hydrogens is 292 g/mol. The topological polar surface area (TPSA) is 26.3 Å². The Hall–Kier alpha value is -0.180. The van der Waals surface area contributed by atoms with Crippen molar-refractivity contribution in [3.63, 3.8) is 0 Å². The molecule has 1 aliphatic heterocycles. The Morgan fingerprint density at radius 2 is 1.32 bits per heavy atom. The summed E-state index contributed by atoms with van der Waals surface area (Å²) >= 11 is 1.78. The molecule has 3 heteroatoms. The summed E-state index contributed by atoms with van der Waals surface area (Å²) in [4.78, 5) is 11.8. The van der Waals surface area contributed by atoms with Crippen molar-refractivity contribution in [3.05, 3.63) is 0 Å². The van der Waals surface area contributed by atoms with E-state index in [4.69, 9.17) is 4.74 Å². The van der Waals surface area contributed by atoms with Gasteiger partial charge < -0.3 is 4.74 Å². The van der Waals surface area contributed by atoms with Crippen LogP contribution >= 0.6 is 11.8 Å². The van der Waals surface area contributed by atoms with Crippen LogP contribution in [0, 0.1) is 0 Å². The van der Waals surface area contributed by atoms with Crippen LogP contribution in [0.2, 0.25) is 0 Å². The second-order valence-electron chi connectivity index (χ2n) is 6.78. The Morgan fingerprint density at radius 1 is 0.909 bits per heavy atom. The maximum absolute atomic E-state index is 11.8. The standard InChI is InChI=1S/C19H36O2S/c1-4-5-6-7-8-9-10-11-12-13-14-15-16-19(17(2)22-19)18(20)21-3/h17H,4-16H2,1-3H3. The second-order valence-corrected chi connectivity index (χ2v) is 8.45. The minimum Gasteiger partial charge on any atom is -0.468 e. The predicted molar refractivity (Wildman–Crippen MR) is 97.5 cm³/mol. The van der Waals surface area contributed by atoms with Gasteiger partial charge in [-0.3, -0.25) is 4.79 Å². The number of carbonyl (C=O) groups is 1. The van der Waals surface area contributed by atoms with Gasteiger partial charge in [-0.1, -0.05) is 90.9 Å². The molecule has 0 aliphatic carbocycles. The molecule has 0 bridgehead atoms. The van der Waals surface area contributed by atoms with Crippen molar-refractivity contribution in [2.45, 2.75) is 107 Å². The molecular formula is C19H36O2S. The van der Waals surface area contributed by atoms with Crippen molar-refractivity contribution >= 4 is 17.7 Å². The highest BCUT2D eigenvalue weighted by Gasteiger charge is 2.59. The molecule has 2 atom stereocenters. The van der Waals surface area contributed by atoms with Crippen LogP contribution in [0.1, 0.15) is 97.3 Å². The van der Waals surface area contributed by atoms with Crippen LogP contribution in [0.3, 0.4) is 0 Å². The summed E-state index contributed by atoms with van der Waals surface area (Å²) < 4.78 is 4.76. The third-order valence-electron chi connectivity index (χ3n) is 4.92. The largest absolute Gasteiger partial charge is 0.468 e. The number of hydrogen-bond acceptors (Lipinski definition) is 3. The van der Waals surface area contributed by atoms with Gasteiger partial charge in [0, 0.05) is 5.25 Å². The Bertz CT molecular complexity index is 306. The summed E-state index contributed by atoms with van der Waals surface area (Å²) in [7, 11) is 1.51. The highest BCUT2D eigenvalue weighted by Crippen LogP contribution is 2.57. The van der Waals surface area contributed by atoms with Gasteiger partial charge in [0.15, 0.2) is 0 Å². The molecule has 2 unspecified atom stereocenters. The van der Waals surface area contributed by atoms with Gasteiger partial charge >= 0.3 is 5.97 Å². The van der Waals surface area contributed by atoms with E-state index in [9.17, 15) is 4.79 Å². The quantitative estimate of drug-likeness (QED) is 0.218. The molecule has 0 saturated carbocycles. The number of ether oxygens (including phenoxy) is 1. The zero-order valence-electron chi connectivity index (χ0n) is 15.0. The first-order valence-electron chi connectivity index (χ1n) is 9.43. The van der Waals surface area contributed by atoms with E-state index in [1.165, 1.54) is 84.2 Å². The molecule has 1 heterocycles. The maximum atomic E-state index is 11.8. The number of unbranched alkanes of at least 4 members (excludes halogenated alkanes) is 11. The van der Waals surface area contributed by atoms with Crippen molar-refractivity contribution in [3.8, 4) is 0 Å². The van der Waals surface area contributed by atoms with Crippen LogP contribution in [0.15, 0.2) is 0 Å². The lowest BCUT2D eigenvalue weighted by atomic mass is 9.97. The third-order valence-corrected chi connectivity index (χ3v) is 6.57. The number of carbonyl (C=O) groups excluding carboxylic acids is 1. The van der Waals surface area contributed by atoms with Crippen LogP contribution in [-0.4, -0.2) is 23.1 Å². The zero-order chi connectivity index (χ0) is 16.3. The molecule has 0 spiro atoms. The van der Waals surface area contributed by atoms with Gasteiger partial charge in [0.05, 0.1) is 7.11 Å². The van der Waals surface area contributed by atoms with E-state index < -0.39 is 0 Å². The van der Waals surface area contributed by atoms with E-state index in [1.807, 2.05) is 0 Å². The van der Waals surface area contributed by atoms with Crippen LogP contribution in [0.5, 0.6) is 0 Å². The SMILES string of the molecule is CCCCCCCCCCCCCCC1(C(=O)OC)SC1C. The number of thioether (sulfide) groups is 1. The molecule has 1 rings (SSSR count). The highest BCUT2D eigenvalue weighted by atomic mass is 32.2. The van der Waals surface area contributed by atoms with Crippen molar-refractivity contribution in [1.29, 1.82) is 0 Å². The monoisotopic (exact) mass is 328 g/mol. The van der Waals surface area contributed by atoms with E-state index in [-0.39, 0.29) is 10.7 Å². The number of rotatable bonds is 14. The Labute approximate surface area is 142 Å². The van der Waals surface area contributed by atoms with E-state index >= 15 is 0 Å². The fourth-order valence-electron chi connectivity index (χ4n) is 3.26. The van der Waals surface area contributed by atoms with Gasteiger partial charge in [0.1, 0.15) is 4.75 Å². The average molecular weight is 329 g/mol. The van der Waals surface area contributed by atoms with Crippen molar-refractivity contribution in [2.24, 2.45) is 0 Å². The smallest absolute Gasteiger partial charge is 0.323 e. The molecule has 1 saturated heterocycles. The molecule has 22 heavy (non-hydrogen) atoms. The fraction of sp³-hybridized carbons (Fsp3) is 0.947. The maximum Gasteiger partial charge on any atom is 0.323 e. The van der Waals surface area contributed by atoms with E-state index in [2.05, 4.69) is 13.8 Å². The first-order valence-corrected chi connectivity index (χ1v) is 10.3. The first kappa shape index (κ1) is 19.9. The molecule has 2 nitrogen and oxygen atoms in total. The molecule has 0 radical (unpaired) electrons. The minimum absolute atomic E-state index is 0.00641. The molecule has 1 aliphatic rings. The average Bonchev–Trinajstić information content (AvgIpc) is 3.19. The number of hydrogen-bond donors (Lipinski definition) is 0. The second kappa shape index (κ2) is 11.4. The highest BCUT2D eigenvalue weighted by molar-refractivity contribution is 8.09. The van der Waals surface area contributed by atoms with Gasteiger partial charge in [-0.15, -0.1) is 11.8 Å². The Morgan fingerprint density at radius 3 is 1.68 bits per heavy atom. The van der Waals surface area contributed by atoms with Gasteiger partial charge in [-0.05, 0) is 6.42 Å². The van der Waals surface area contributed by atoms with Crippen LogP contribution < -0.4 is 0 Å². The zero-order valence-corrected chi connectivity index (χ0v) is 15.8. The number of methoxy groups -OCH3 is 1.